The number of ether oxygens (including phenoxy) is 3. The number of nitrogens with two attached hydrogens (primary N) is 1. The van der Waals surface area contributed by atoms with Gasteiger partial charge >= 0.3 is 6.01 Å². The van der Waals surface area contributed by atoms with Crippen LogP contribution in [0.3, 0.4) is 0 Å². The predicted molar refractivity (Wildman–Crippen MR) is 152 cm³/mol. The number of carbonyl (C=O) groups excluding carboxylic acids is 1. The first kappa shape index (κ1) is 28.6. The topological polar surface area (TPSA) is 163 Å². The number of piperidine rings is 1. The third kappa shape index (κ3) is 7.41. The molecule has 0 aliphatic carbocycles. The number of rotatable bonds is 11. The molecule has 2 aliphatic heterocycles. The molecule has 0 saturated carbocycles. The van der Waals surface area contributed by atoms with Crippen molar-refractivity contribution in [1.82, 2.24) is 29.8 Å². The summed E-state index contributed by atoms with van der Waals surface area (Å²) in [4.78, 5) is 32.6. The number of nitrogens with one attached hydrogen (secondary N) is 1. The summed E-state index contributed by atoms with van der Waals surface area (Å²) in [6.07, 6.45) is 9.01. The third-order valence-corrected chi connectivity index (χ3v) is 7.29. The number of hydrogen-bond acceptors (Lipinski definition) is 11. The normalized spacial score (nSPS) is 18.3. The number of amides is 1. The van der Waals surface area contributed by atoms with E-state index in [0.717, 1.165) is 56.6 Å². The van der Waals surface area contributed by atoms with E-state index < -0.39 is 6.04 Å². The van der Waals surface area contributed by atoms with Gasteiger partial charge in [-0.15, -0.1) is 0 Å². The number of imidazole rings is 1. The zero-order valence-corrected chi connectivity index (χ0v) is 23.5. The lowest BCUT2D eigenvalue weighted by Gasteiger charge is -2.33. The highest BCUT2D eigenvalue weighted by atomic mass is 16.5. The molecule has 2 atom stereocenters. The van der Waals surface area contributed by atoms with E-state index in [9.17, 15) is 9.90 Å². The molecule has 4 N–H and O–H groups in total. The summed E-state index contributed by atoms with van der Waals surface area (Å²) in [5.41, 5.74) is 7.94. The van der Waals surface area contributed by atoms with E-state index in [1.165, 1.54) is 0 Å². The Bertz CT molecular complexity index is 1320. The van der Waals surface area contributed by atoms with Crippen molar-refractivity contribution in [3.8, 4) is 23.0 Å². The van der Waals surface area contributed by atoms with E-state index >= 15 is 0 Å². The molecule has 0 aromatic carbocycles. The summed E-state index contributed by atoms with van der Waals surface area (Å²) >= 11 is 0. The molecule has 13 heteroatoms. The zero-order chi connectivity index (χ0) is 28.8. The third-order valence-electron chi connectivity index (χ3n) is 7.29. The first-order valence-corrected chi connectivity index (χ1v) is 14.0. The molecule has 13 nitrogen and oxygen atoms in total. The molecule has 2 saturated heterocycles. The summed E-state index contributed by atoms with van der Waals surface area (Å²) in [7, 11) is 1.92. The fraction of sp³-hybridized carbons (Fsp3) is 0.536. The molecule has 2 fully saturated rings. The summed E-state index contributed by atoms with van der Waals surface area (Å²) in [6, 6.07) is 3.29. The first-order valence-electron chi connectivity index (χ1n) is 14.0. The summed E-state index contributed by atoms with van der Waals surface area (Å²) < 4.78 is 19.5. The molecule has 3 aromatic heterocycles. The van der Waals surface area contributed by atoms with Gasteiger partial charge in [0, 0.05) is 56.8 Å². The maximum atomic E-state index is 12.8. The molecule has 0 spiro atoms. The Kier molecular flexibility index (Phi) is 9.14. The van der Waals surface area contributed by atoms with Crippen molar-refractivity contribution < 1.29 is 24.1 Å². The van der Waals surface area contributed by atoms with Crippen LogP contribution in [-0.2, 0) is 11.8 Å². The van der Waals surface area contributed by atoms with Crippen molar-refractivity contribution in [3.05, 3.63) is 36.5 Å². The van der Waals surface area contributed by atoms with Crippen molar-refractivity contribution in [2.75, 3.05) is 50.2 Å². The molecule has 220 valence electrons. The van der Waals surface area contributed by atoms with Crippen LogP contribution in [0.1, 0.15) is 43.1 Å². The number of carbonyl (C=O) groups is 1. The van der Waals surface area contributed by atoms with Gasteiger partial charge in [-0.1, -0.05) is 0 Å². The largest absolute Gasteiger partial charge is 0.489 e. The second-order valence-electron chi connectivity index (χ2n) is 10.7. The molecular weight excluding hydrogens is 528 g/mol. The van der Waals surface area contributed by atoms with Crippen LogP contribution >= 0.6 is 0 Å². The van der Waals surface area contributed by atoms with E-state index in [-0.39, 0.29) is 30.3 Å². The second kappa shape index (κ2) is 13.1. The maximum absolute atomic E-state index is 12.8. The van der Waals surface area contributed by atoms with Crippen LogP contribution in [0.4, 0.5) is 11.6 Å². The Labute approximate surface area is 239 Å². The van der Waals surface area contributed by atoms with E-state index in [0.29, 0.717) is 36.5 Å². The van der Waals surface area contributed by atoms with Crippen LogP contribution in [-0.4, -0.2) is 87.2 Å². The minimum atomic E-state index is -0.401. The van der Waals surface area contributed by atoms with Crippen LogP contribution < -0.4 is 25.4 Å². The van der Waals surface area contributed by atoms with Crippen LogP contribution in [0.15, 0.2) is 30.9 Å². The minimum Gasteiger partial charge on any atom is -0.489 e. The molecule has 0 radical (unpaired) electrons. The average Bonchev–Trinajstić information content (AvgIpc) is 3.67. The van der Waals surface area contributed by atoms with Crippen molar-refractivity contribution in [1.29, 1.82) is 0 Å². The quantitative estimate of drug-likeness (QED) is 0.310. The fourth-order valence-electron chi connectivity index (χ4n) is 4.85. The number of aliphatic hydroxyl groups excluding tert-OH is 1. The Morgan fingerprint density at radius 2 is 2.02 bits per heavy atom. The van der Waals surface area contributed by atoms with Crippen LogP contribution in [0.5, 0.6) is 11.8 Å². The van der Waals surface area contributed by atoms with Crippen LogP contribution in [0, 0.1) is 5.92 Å². The SMILES string of the molecule is C[C@H](CO)NC(=O)c1cc(N2CCC(COc3cc(-c4cn(C)cn4)cnc3N)CC2)nc(OC[C@@H]2CCCO2)n1. The van der Waals surface area contributed by atoms with Crippen molar-refractivity contribution in [2.24, 2.45) is 13.0 Å². The molecule has 41 heavy (non-hydrogen) atoms. The highest BCUT2D eigenvalue weighted by Crippen LogP contribution is 2.29. The van der Waals surface area contributed by atoms with Crippen LogP contribution in [0.2, 0.25) is 0 Å². The van der Waals surface area contributed by atoms with Gasteiger partial charge in [0.25, 0.3) is 5.91 Å². The summed E-state index contributed by atoms with van der Waals surface area (Å²) in [6.45, 7) is 4.57. The van der Waals surface area contributed by atoms with Gasteiger partial charge < -0.3 is 39.8 Å². The number of hydrogen-bond donors (Lipinski definition) is 3. The van der Waals surface area contributed by atoms with Gasteiger partial charge in [-0.25, -0.2) is 9.97 Å². The molecule has 1 amide bonds. The van der Waals surface area contributed by atoms with E-state index in [1.54, 1.807) is 25.5 Å². The maximum Gasteiger partial charge on any atom is 0.319 e. The van der Waals surface area contributed by atoms with Gasteiger partial charge in [0.15, 0.2) is 11.6 Å². The fourth-order valence-corrected chi connectivity index (χ4v) is 4.85. The van der Waals surface area contributed by atoms with Gasteiger partial charge in [0.05, 0.1) is 31.3 Å². The Hall–Kier alpha value is -3.97. The minimum absolute atomic E-state index is 0.00132. The first-order chi connectivity index (χ1) is 19.9. The number of aromatic nitrogens is 5. The molecule has 5 heterocycles. The van der Waals surface area contributed by atoms with E-state index in [2.05, 4.69) is 30.2 Å². The lowest BCUT2D eigenvalue weighted by molar-refractivity contribution is 0.0643. The summed E-state index contributed by atoms with van der Waals surface area (Å²) in [5.74, 6) is 1.45. The molecule has 0 unspecified atom stereocenters. The lowest BCUT2D eigenvalue weighted by Crippen LogP contribution is -2.37. The number of aliphatic hydroxyl groups is 1. The zero-order valence-electron chi connectivity index (χ0n) is 23.5. The molecule has 5 rings (SSSR count). The lowest BCUT2D eigenvalue weighted by atomic mass is 9.98. The van der Waals surface area contributed by atoms with Gasteiger partial charge in [0.2, 0.25) is 0 Å². The average molecular weight is 567 g/mol. The van der Waals surface area contributed by atoms with E-state index in [1.807, 2.05) is 23.9 Å². The molecule has 0 bridgehead atoms. The highest BCUT2D eigenvalue weighted by Gasteiger charge is 2.25. The van der Waals surface area contributed by atoms with Gasteiger partial charge in [-0.05, 0) is 44.6 Å². The Morgan fingerprint density at radius 3 is 2.73 bits per heavy atom. The number of pyridine rings is 1. The molecule has 2 aliphatic rings. The van der Waals surface area contributed by atoms with Gasteiger partial charge in [-0.3, -0.25) is 4.79 Å². The number of aryl methyl sites for hydroxylation is 1. The highest BCUT2D eigenvalue weighted by molar-refractivity contribution is 5.93. The smallest absolute Gasteiger partial charge is 0.319 e. The molecular formula is C28H38N8O5. The van der Waals surface area contributed by atoms with Crippen LogP contribution in [0.25, 0.3) is 11.3 Å². The van der Waals surface area contributed by atoms with Crippen molar-refractivity contribution >= 4 is 17.5 Å². The standard InChI is InChI=1S/C28H38N8O5/c1-18(14-37)32-27(38)22-11-25(34-28(33-22)41-16-21-4-3-9-39-21)36-7-5-19(6-8-36)15-40-24-10-20(12-30-26(24)29)23-13-35(2)17-31-23/h10-13,17-19,21,37H,3-9,14-16H2,1-2H3,(H2,29,30)(H,32,38)/t18-,21+/m1/s1. The predicted octanol–water partition coefficient (Wildman–Crippen LogP) is 1.82. The molecule has 3 aromatic rings. The van der Waals surface area contributed by atoms with Gasteiger partial charge in [0.1, 0.15) is 18.1 Å². The van der Waals surface area contributed by atoms with Crippen molar-refractivity contribution in [3.63, 3.8) is 0 Å². The summed E-state index contributed by atoms with van der Waals surface area (Å²) in [5, 5.41) is 12.1. The number of nitrogens with zero attached hydrogens (tertiary/aromatic N) is 6. The Balaban J connectivity index is 1.21. The second-order valence-corrected chi connectivity index (χ2v) is 10.7. The van der Waals surface area contributed by atoms with E-state index in [4.69, 9.17) is 19.9 Å². The van der Waals surface area contributed by atoms with Crippen molar-refractivity contribution in [2.45, 2.75) is 44.8 Å². The number of nitrogen functional groups attached to an aromatic ring is 1. The number of anilines is 2. The Morgan fingerprint density at radius 1 is 1.20 bits per heavy atom. The van der Waals surface area contributed by atoms with Gasteiger partial charge in [-0.2, -0.15) is 9.97 Å². The monoisotopic (exact) mass is 566 g/mol.